The van der Waals surface area contributed by atoms with Crippen LogP contribution in [0.2, 0.25) is 0 Å². The van der Waals surface area contributed by atoms with E-state index in [1.165, 1.54) is 6.19 Å². The predicted octanol–water partition coefficient (Wildman–Crippen LogP) is -0.213. The van der Waals surface area contributed by atoms with Crippen LogP contribution in [0.5, 0.6) is 0 Å². The maximum Gasteiger partial charge on any atom is 0.327 e. The van der Waals surface area contributed by atoms with Gasteiger partial charge in [-0.05, 0) is 6.92 Å². The Kier molecular flexibility index (Phi) is 3.32. The van der Waals surface area contributed by atoms with E-state index in [1.807, 2.05) is 5.32 Å². The molecule has 2 amide bonds. The first-order valence-electron chi connectivity index (χ1n) is 2.24. The van der Waals surface area contributed by atoms with E-state index in [0.29, 0.717) is 6.54 Å². The molecule has 0 saturated carbocycles. The van der Waals surface area contributed by atoms with Gasteiger partial charge in [0, 0.05) is 6.54 Å². The molecule has 0 heterocycles. The van der Waals surface area contributed by atoms with E-state index in [4.69, 9.17) is 5.26 Å². The number of nitriles is 1. The van der Waals surface area contributed by atoms with E-state index in [-0.39, 0.29) is 0 Å². The highest BCUT2D eigenvalue weighted by Crippen LogP contribution is 1.58. The van der Waals surface area contributed by atoms with Crippen molar-refractivity contribution in [1.82, 2.24) is 10.6 Å². The van der Waals surface area contributed by atoms with Gasteiger partial charge in [-0.2, -0.15) is 5.26 Å². The van der Waals surface area contributed by atoms with Crippen LogP contribution in [-0.4, -0.2) is 12.6 Å². The van der Waals surface area contributed by atoms with Gasteiger partial charge in [-0.3, -0.25) is 0 Å². The smallest absolute Gasteiger partial charge is 0.327 e. The van der Waals surface area contributed by atoms with Crippen LogP contribution < -0.4 is 10.6 Å². The third-order valence-corrected chi connectivity index (χ3v) is 0.507. The molecule has 0 saturated heterocycles. The molecular weight excluding hydrogens is 106 g/mol. The minimum Gasteiger partial charge on any atom is -0.338 e. The summed E-state index contributed by atoms with van der Waals surface area (Å²) < 4.78 is 0. The summed E-state index contributed by atoms with van der Waals surface area (Å²) in [6.07, 6.45) is 1.49. The molecule has 0 aromatic rings. The Morgan fingerprint density at radius 2 is 2.50 bits per heavy atom. The van der Waals surface area contributed by atoms with Crippen molar-refractivity contribution in [3.63, 3.8) is 0 Å². The van der Waals surface area contributed by atoms with Crippen LogP contribution in [-0.2, 0) is 0 Å². The minimum atomic E-state index is -0.449. The number of nitrogens with zero attached hydrogens (tertiary/aromatic N) is 1. The summed E-state index contributed by atoms with van der Waals surface area (Å²) in [6.45, 7) is 2.31. The number of urea groups is 1. The molecule has 0 spiro atoms. The largest absolute Gasteiger partial charge is 0.338 e. The number of hydrogen-bond donors (Lipinski definition) is 2. The molecule has 0 aromatic heterocycles. The molecule has 0 fully saturated rings. The van der Waals surface area contributed by atoms with E-state index in [2.05, 4.69) is 5.32 Å². The zero-order valence-corrected chi connectivity index (χ0v) is 4.56. The van der Waals surface area contributed by atoms with Crippen molar-refractivity contribution < 1.29 is 4.79 Å². The summed E-state index contributed by atoms with van der Waals surface area (Å²) in [5, 5.41) is 12.1. The molecule has 0 atom stereocenters. The molecule has 0 unspecified atom stereocenters. The van der Waals surface area contributed by atoms with Gasteiger partial charge in [-0.1, -0.05) is 0 Å². The van der Waals surface area contributed by atoms with E-state index < -0.39 is 6.03 Å². The van der Waals surface area contributed by atoms with Gasteiger partial charge in [-0.15, -0.1) is 0 Å². The van der Waals surface area contributed by atoms with Crippen molar-refractivity contribution in [2.24, 2.45) is 0 Å². The Labute approximate surface area is 47.5 Å². The van der Waals surface area contributed by atoms with Crippen LogP contribution in [0.25, 0.3) is 0 Å². The highest BCUT2D eigenvalue weighted by Gasteiger charge is 1.90. The average Bonchev–Trinajstić information content (AvgIpc) is 1.68. The van der Waals surface area contributed by atoms with Gasteiger partial charge in [0.05, 0.1) is 0 Å². The molecular formula is C4H7N3O. The van der Waals surface area contributed by atoms with Crippen molar-refractivity contribution in [2.75, 3.05) is 6.54 Å². The highest BCUT2D eigenvalue weighted by molar-refractivity contribution is 5.75. The Balaban J connectivity index is 3.23. The first-order valence-corrected chi connectivity index (χ1v) is 2.24. The molecule has 44 valence electrons. The average molecular weight is 113 g/mol. The summed E-state index contributed by atoms with van der Waals surface area (Å²) in [4.78, 5) is 10.2. The normalized spacial score (nSPS) is 7.00. The molecule has 0 bridgehead atoms. The standard InChI is InChI=1S/C4H7N3O/c1-2-6-4(8)7-3-5/h2H2,1H3,(H2,6,7,8). The fourth-order valence-electron chi connectivity index (χ4n) is 0.256. The quantitative estimate of drug-likeness (QED) is 0.365. The second-order valence-corrected chi connectivity index (χ2v) is 1.10. The zero-order valence-electron chi connectivity index (χ0n) is 4.56. The van der Waals surface area contributed by atoms with Gasteiger partial charge in [0.15, 0.2) is 6.19 Å². The Bertz CT molecular complexity index is 115. The minimum absolute atomic E-state index is 0.449. The topological polar surface area (TPSA) is 64.9 Å². The van der Waals surface area contributed by atoms with E-state index >= 15 is 0 Å². The van der Waals surface area contributed by atoms with Gasteiger partial charge in [-0.25, -0.2) is 10.1 Å². The van der Waals surface area contributed by atoms with E-state index in [0.717, 1.165) is 0 Å². The zero-order chi connectivity index (χ0) is 6.41. The van der Waals surface area contributed by atoms with Gasteiger partial charge >= 0.3 is 6.03 Å². The fourth-order valence-corrected chi connectivity index (χ4v) is 0.256. The number of carbonyl (C=O) groups is 1. The van der Waals surface area contributed by atoms with E-state index in [1.54, 1.807) is 6.92 Å². The monoisotopic (exact) mass is 113 g/mol. The second kappa shape index (κ2) is 3.93. The van der Waals surface area contributed by atoms with Crippen LogP contribution >= 0.6 is 0 Å². The third kappa shape index (κ3) is 2.97. The van der Waals surface area contributed by atoms with Crippen LogP contribution in [0.4, 0.5) is 4.79 Å². The van der Waals surface area contributed by atoms with Gasteiger partial charge in [0.2, 0.25) is 0 Å². The van der Waals surface area contributed by atoms with Crippen LogP contribution in [0, 0.1) is 11.5 Å². The van der Waals surface area contributed by atoms with Crippen molar-refractivity contribution in [2.45, 2.75) is 6.92 Å². The number of amides is 2. The van der Waals surface area contributed by atoms with Crippen LogP contribution in [0.1, 0.15) is 6.92 Å². The number of nitrogens with one attached hydrogen (secondary N) is 2. The lowest BCUT2D eigenvalue weighted by Gasteiger charge is -1.94. The Hall–Kier alpha value is -1.24. The Morgan fingerprint density at radius 3 is 2.88 bits per heavy atom. The Morgan fingerprint density at radius 1 is 1.88 bits per heavy atom. The summed E-state index contributed by atoms with van der Waals surface area (Å²) in [7, 11) is 0. The molecule has 8 heavy (non-hydrogen) atoms. The lowest BCUT2D eigenvalue weighted by atomic mass is 10.7. The molecule has 0 aliphatic carbocycles. The summed E-state index contributed by atoms with van der Waals surface area (Å²) in [5.74, 6) is 0. The molecule has 0 radical (unpaired) electrons. The predicted molar refractivity (Wildman–Crippen MR) is 27.8 cm³/mol. The maximum atomic E-state index is 10.2. The van der Waals surface area contributed by atoms with Gasteiger partial charge in [0.25, 0.3) is 0 Å². The molecule has 0 rings (SSSR count). The lowest BCUT2D eigenvalue weighted by molar-refractivity contribution is 0.245. The van der Waals surface area contributed by atoms with Crippen molar-refractivity contribution in [3.8, 4) is 6.19 Å². The summed E-state index contributed by atoms with van der Waals surface area (Å²) in [5.41, 5.74) is 0. The number of carbonyl (C=O) groups excluding carboxylic acids is 1. The van der Waals surface area contributed by atoms with Crippen LogP contribution in [0.3, 0.4) is 0 Å². The van der Waals surface area contributed by atoms with E-state index in [9.17, 15) is 4.79 Å². The summed E-state index contributed by atoms with van der Waals surface area (Å²) >= 11 is 0. The molecule has 0 aliphatic rings. The maximum absolute atomic E-state index is 10.2. The van der Waals surface area contributed by atoms with Crippen LogP contribution in [0.15, 0.2) is 0 Å². The highest BCUT2D eigenvalue weighted by atomic mass is 16.2. The van der Waals surface area contributed by atoms with Crippen molar-refractivity contribution in [1.29, 1.82) is 5.26 Å². The molecule has 4 heteroatoms. The number of rotatable bonds is 1. The molecule has 0 aliphatic heterocycles. The lowest BCUT2D eigenvalue weighted by Crippen LogP contribution is -2.31. The van der Waals surface area contributed by atoms with Crippen molar-refractivity contribution >= 4 is 6.03 Å². The third-order valence-electron chi connectivity index (χ3n) is 0.507. The SMILES string of the molecule is CCNC(=O)NC#N. The second-order valence-electron chi connectivity index (χ2n) is 1.10. The molecule has 0 aromatic carbocycles. The summed E-state index contributed by atoms with van der Waals surface area (Å²) in [6, 6.07) is -0.449. The van der Waals surface area contributed by atoms with Gasteiger partial charge in [0.1, 0.15) is 0 Å². The molecule has 4 nitrogen and oxygen atoms in total. The fraction of sp³-hybridized carbons (Fsp3) is 0.500. The first kappa shape index (κ1) is 6.76. The molecule has 2 N–H and O–H groups in total. The first-order chi connectivity index (χ1) is 3.81. The van der Waals surface area contributed by atoms with Gasteiger partial charge < -0.3 is 5.32 Å². The van der Waals surface area contributed by atoms with Crippen molar-refractivity contribution in [3.05, 3.63) is 0 Å². The number of hydrogen-bond acceptors (Lipinski definition) is 2.